The molecule has 0 unspecified atom stereocenters. The molecule has 0 radical (unpaired) electrons. The smallest absolute Gasteiger partial charge is 0.329 e. The van der Waals surface area contributed by atoms with E-state index in [0.717, 1.165) is 12.8 Å². The van der Waals surface area contributed by atoms with E-state index in [1.807, 2.05) is 0 Å². The Hall–Kier alpha value is -2.07. The number of amides is 1. The molecule has 0 rings (SSSR count). The number of esters is 1. The molecule has 0 spiro atoms. The number of hydrogen-bond acceptors (Lipinski definition) is 16. The van der Waals surface area contributed by atoms with Gasteiger partial charge >= 0.3 is 11.9 Å². The Labute approximate surface area is 327 Å². The molecule has 0 aromatic carbocycles. The Morgan fingerprint density at radius 2 is 0.727 bits per heavy atom. The molecule has 0 aromatic heterocycles. The highest BCUT2D eigenvalue weighted by molar-refractivity contribution is 5.77. The topological polar surface area (TPSA) is 203 Å². The van der Waals surface area contributed by atoms with Gasteiger partial charge in [-0.2, -0.15) is 0 Å². The minimum atomic E-state index is -1.13. The van der Waals surface area contributed by atoms with Crippen molar-refractivity contribution in [1.29, 1.82) is 0 Å². The zero-order valence-electron chi connectivity index (χ0n) is 33.3. The minimum absolute atomic E-state index is 0.152. The summed E-state index contributed by atoms with van der Waals surface area (Å²) in [4.78, 5) is 33.3. The zero-order valence-corrected chi connectivity index (χ0v) is 33.3. The largest absolute Gasteiger partial charge is 0.480 e. The van der Waals surface area contributed by atoms with E-state index in [0.29, 0.717) is 158 Å². The van der Waals surface area contributed by atoms with Gasteiger partial charge in [-0.25, -0.2) is 4.79 Å². The van der Waals surface area contributed by atoms with Gasteiger partial charge in [-0.3, -0.25) is 9.59 Å². The van der Waals surface area contributed by atoms with Gasteiger partial charge in [0.05, 0.1) is 145 Å². The molecule has 1 amide bonds. The van der Waals surface area contributed by atoms with Crippen LogP contribution in [0, 0.1) is 0 Å². The van der Waals surface area contributed by atoms with Gasteiger partial charge in [0.25, 0.3) is 0 Å². The molecule has 0 saturated carbocycles. The Bertz CT molecular complexity index is 827. The SMILES string of the molecule is CCCCCCCCC(=O)OCCOCCOCCOCCOCCOCCOCCOCCOCCOCCOCCOCCNC(=O)COCC(=O)O. The maximum atomic E-state index is 11.7. The summed E-state index contributed by atoms with van der Waals surface area (Å²) < 4.78 is 69.7. The summed E-state index contributed by atoms with van der Waals surface area (Å²) in [6.45, 7) is 11.8. The van der Waals surface area contributed by atoms with Crippen molar-refractivity contribution >= 4 is 17.8 Å². The Kier molecular flexibility index (Phi) is 44.6. The van der Waals surface area contributed by atoms with Crippen molar-refractivity contribution < 1.29 is 81.1 Å². The summed E-state index contributed by atoms with van der Waals surface area (Å²) in [7, 11) is 0. The summed E-state index contributed by atoms with van der Waals surface area (Å²) in [5.41, 5.74) is 0. The van der Waals surface area contributed by atoms with E-state index < -0.39 is 18.5 Å². The van der Waals surface area contributed by atoms with Gasteiger partial charge in [0.1, 0.15) is 19.8 Å². The van der Waals surface area contributed by atoms with Crippen LogP contribution in [0.3, 0.4) is 0 Å². The quantitative estimate of drug-likeness (QED) is 0.0664. The summed E-state index contributed by atoms with van der Waals surface area (Å²) in [6.07, 6.45) is 7.37. The average Bonchev–Trinajstić information content (AvgIpc) is 3.17. The lowest BCUT2D eigenvalue weighted by atomic mass is 10.1. The zero-order chi connectivity index (χ0) is 40.0. The molecule has 18 nitrogen and oxygen atoms in total. The van der Waals surface area contributed by atoms with Crippen LogP contribution in [0.4, 0.5) is 0 Å². The molecule has 0 fully saturated rings. The van der Waals surface area contributed by atoms with Crippen LogP contribution >= 0.6 is 0 Å². The summed E-state index contributed by atoms with van der Waals surface area (Å²) in [5.74, 6) is -1.68. The number of carboxylic acid groups (broad SMARTS) is 1. The van der Waals surface area contributed by atoms with Crippen molar-refractivity contribution in [1.82, 2.24) is 5.32 Å². The van der Waals surface area contributed by atoms with E-state index in [1.165, 1.54) is 25.7 Å². The van der Waals surface area contributed by atoms with E-state index in [-0.39, 0.29) is 19.2 Å². The molecule has 0 aliphatic heterocycles. The van der Waals surface area contributed by atoms with Crippen LogP contribution in [0.15, 0.2) is 0 Å². The number of unbranched alkanes of at least 4 members (excludes halogenated alkanes) is 5. The third kappa shape index (κ3) is 48.0. The fraction of sp³-hybridized carbons (Fsp3) is 0.919. The van der Waals surface area contributed by atoms with E-state index >= 15 is 0 Å². The molecule has 0 bridgehead atoms. The molecule has 2 N–H and O–H groups in total. The van der Waals surface area contributed by atoms with Gasteiger partial charge in [-0.05, 0) is 6.42 Å². The van der Waals surface area contributed by atoms with Crippen LogP contribution < -0.4 is 5.32 Å². The van der Waals surface area contributed by atoms with Gasteiger partial charge in [-0.15, -0.1) is 0 Å². The number of carboxylic acids is 1. The van der Waals surface area contributed by atoms with Gasteiger partial charge < -0.3 is 72.0 Å². The lowest BCUT2D eigenvalue weighted by Gasteiger charge is -2.09. The molecule has 0 saturated heterocycles. The lowest BCUT2D eigenvalue weighted by molar-refractivity contribution is -0.146. The van der Waals surface area contributed by atoms with E-state index in [2.05, 4.69) is 17.0 Å². The highest BCUT2D eigenvalue weighted by Gasteiger charge is 2.04. The summed E-state index contributed by atoms with van der Waals surface area (Å²) >= 11 is 0. The number of rotatable bonds is 47. The molecular weight excluding hydrogens is 730 g/mol. The van der Waals surface area contributed by atoms with Crippen molar-refractivity contribution in [3.8, 4) is 0 Å². The second-order valence-electron chi connectivity index (χ2n) is 11.7. The van der Waals surface area contributed by atoms with Crippen LogP contribution in [0.5, 0.6) is 0 Å². The van der Waals surface area contributed by atoms with E-state index in [1.54, 1.807) is 0 Å². The van der Waals surface area contributed by atoms with E-state index in [4.69, 9.17) is 61.9 Å². The van der Waals surface area contributed by atoms with Crippen molar-refractivity contribution in [2.24, 2.45) is 0 Å². The van der Waals surface area contributed by atoms with Crippen LogP contribution in [0.25, 0.3) is 0 Å². The standard InChI is InChI=1S/C37H71NO17/c1-2-3-4-5-6-7-8-37(42)55-32-31-53-30-29-52-28-27-51-26-25-50-24-23-49-22-21-48-20-19-47-18-17-46-16-15-45-14-13-44-12-11-43-10-9-38-35(39)33-54-34-36(40)41/h2-34H2,1H3,(H,38,39)(H,40,41). The number of nitrogens with one attached hydrogen (secondary N) is 1. The first-order valence-corrected chi connectivity index (χ1v) is 19.6. The van der Waals surface area contributed by atoms with Crippen molar-refractivity contribution in [3.05, 3.63) is 0 Å². The molecule has 18 heteroatoms. The molecule has 0 aliphatic rings. The molecule has 0 aliphatic carbocycles. The fourth-order valence-corrected chi connectivity index (χ4v) is 4.18. The Morgan fingerprint density at radius 1 is 0.400 bits per heavy atom. The molecule has 55 heavy (non-hydrogen) atoms. The summed E-state index contributed by atoms with van der Waals surface area (Å²) in [5, 5.41) is 11.0. The average molecular weight is 802 g/mol. The first kappa shape index (κ1) is 52.9. The maximum Gasteiger partial charge on any atom is 0.329 e. The monoisotopic (exact) mass is 801 g/mol. The third-order valence-electron chi connectivity index (χ3n) is 6.97. The van der Waals surface area contributed by atoms with Crippen molar-refractivity contribution in [2.45, 2.75) is 51.9 Å². The molecule has 326 valence electrons. The highest BCUT2D eigenvalue weighted by Crippen LogP contribution is 2.07. The second kappa shape index (κ2) is 46.3. The van der Waals surface area contributed by atoms with Crippen LogP contribution in [0.1, 0.15) is 51.9 Å². The van der Waals surface area contributed by atoms with Crippen molar-refractivity contribution in [2.75, 3.05) is 172 Å². The predicted molar refractivity (Wildman–Crippen MR) is 199 cm³/mol. The van der Waals surface area contributed by atoms with Crippen LogP contribution in [-0.4, -0.2) is 195 Å². The van der Waals surface area contributed by atoms with Crippen molar-refractivity contribution in [3.63, 3.8) is 0 Å². The molecule has 0 atom stereocenters. The number of ether oxygens (including phenoxy) is 13. The highest BCUT2D eigenvalue weighted by atomic mass is 16.6. The maximum absolute atomic E-state index is 11.7. The Morgan fingerprint density at radius 3 is 1.09 bits per heavy atom. The Balaban J connectivity index is 3.13. The molecule has 0 aromatic rings. The first-order chi connectivity index (χ1) is 27.1. The summed E-state index contributed by atoms with van der Waals surface area (Å²) in [6, 6.07) is 0. The number of aliphatic carboxylic acids is 1. The molecular formula is C37H71NO17. The van der Waals surface area contributed by atoms with Crippen LogP contribution in [0.2, 0.25) is 0 Å². The minimum Gasteiger partial charge on any atom is -0.480 e. The second-order valence-corrected chi connectivity index (χ2v) is 11.7. The number of hydrogen-bond donors (Lipinski definition) is 2. The lowest BCUT2D eigenvalue weighted by Crippen LogP contribution is -2.31. The third-order valence-corrected chi connectivity index (χ3v) is 6.97. The number of carbonyl (C=O) groups is 3. The van der Waals surface area contributed by atoms with Gasteiger partial charge in [0, 0.05) is 13.0 Å². The fourth-order valence-electron chi connectivity index (χ4n) is 4.18. The normalized spacial score (nSPS) is 11.3. The van der Waals surface area contributed by atoms with Gasteiger partial charge in [0.2, 0.25) is 5.91 Å². The molecule has 0 heterocycles. The van der Waals surface area contributed by atoms with Gasteiger partial charge in [0.15, 0.2) is 0 Å². The van der Waals surface area contributed by atoms with Gasteiger partial charge in [-0.1, -0.05) is 39.0 Å². The first-order valence-electron chi connectivity index (χ1n) is 19.6. The van der Waals surface area contributed by atoms with E-state index in [9.17, 15) is 14.4 Å². The number of carbonyl (C=O) groups excluding carboxylic acids is 2. The van der Waals surface area contributed by atoms with Crippen LogP contribution in [-0.2, 0) is 76.0 Å². The predicted octanol–water partition coefficient (Wildman–Crippen LogP) is 1.68.